The van der Waals surface area contributed by atoms with Crippen LogP contribution in [0.4, 0.5) is 0 Å². The van der Waals surface area contributed by atoms with Gasteiger partial charge in [-0.05, 0) is 23.1 Å². The van der Waals surface area contributed by atoms with E-state index in [-0.39, 0.29) is 16.9 Å². The highest BCUT2D eigenvalue weighted by atomic mass is 16.5. The Morgan fingerprint density at radius 3 is 2.36 bits per heavy atom. The van der Waals surface area contributed by atoms with Crippen LogP contribution in [-0.4, -0.2) is 17.8 Å². The number of hydrogen-bond donors (Lipinski definition) is 2. The summed E-state index contributed by atoms with van der Waals surface area (Å²) in [5.74, 6) is 0.281. The third kappa shape index (κ3) is 2.42. The van der Waals surface area contributed by atoms with Crippen LogP contribution >= 0.6 is 0 Å². The zero-order valence-electron chi connectivity index (χ0n) is 8.61. The molecule has 14 heavy (non-hydrogen) atoms. The van der Waals surface area contributed by atoms with Crippen molar-refractivity contribution in [3.8, 4) is 11.5 Å². The fourth-order valence-electron chi connectivity index (χ4n) is 1.14. The predicted molar refractivity (Wildman–Crippen MR) is 55.4 cm³/mol. The molecule has 1 rings (SSSR count). The Morgan fingerprint density at radius 2 is 1.93 bits per heavy atom. The van der Waals surface area contributed by atoms with E-state index in [1.807, 2.05) is 6.07 Å². The Labute approximate surface area is 84.7 Å². The van der Waals surface area contributed by atoms with Crippen molar-refractivity contribution < 1.29 is 14.8 Å². The maximum Gasteiger partial charge on any atom is 0.569 e. The summed E-state index contributed by atoms with van der Waals surface area (Å²) in [4.78, 5) is 0. The van der Waals surface area contributed by atoms with Crippen LogP contribution in [0.15, 0.2) is 18.2 Å². The van der Waals surface area contributed by atoms with Crippen molar-refractivity contribution in [1.29, 1.82) is 0 Å². The van der Waals surface area contributed by atoms with E-state index in [1.165, 1.54) is 0 Å². The van der Waals surface area contributed by atoms with E-state index in [0.717, 1.165) is 5.56 Å². The zero-order chi connectivity index (χ0) is 10.8. The first-order valence-corrected chi connectivity index (χ1v) is 4.41. The lowest BCUT2D eigenvalue weighted by molar-refractivity contribution is 0.408. The molecule has 0 unspecified atom stereocenters. The molecule has 0 aliphatic rings. The van der Waals surface area contributed by atoms with Crippen molar-refractivity contribution in [2.45, 2.75) is 26.2 Å². The molecule has 1 radical (unpaired) electrons. The second kappa shape index (κ2) is 3.92. The molecule has 0 spiro atoms. The number of rotatable bonds is 2. The van der Waals surface area contributed by atoms with Crippen molar-refractivity contribution in [3.63, 3.8) is 0 Å². The minimum absolute atomic E-state index is 0.0149. The van der Waals surface area contributed by atoms with Gasteiger partial charge in [-0.3, -0.25) is 0 Å². The Morgan fingerprint density at radius 1 is 1.29 bits per heavy atom. The van der Waals surface area contributed by atoms with Gasteiger partial charge in [0.15, 0.2) is 5.75 Å². The monoisotopic (exact) mass is 193 g/mol. The van der Waals surface area contributed by atoms with E-state index in [2.05, 4.69) is 25.4 Å². The van der Waals surface area contributed by atoms with Crippen LogP contribution in [0, 0.1) is 0 Å². The molecule has 1 aromatic carbocycles. The molecular weight excluding hydrogens is 179 g/mol. The maximum atomic E-state index is 9.53. The van der Waals surface area contributed by atoms with Gasteiger partial charge in [-0.1, -0.05) is 26.8 Å². The minimum Gasteiger partial charge on any atom is -0.535 e. The number of phenolic OH excluding ortho intramolecular Hbond substituents is 1. The average molecular weight is 193 g/mol. The number of phenols is 1. The Balaban J connectivity index is 3.01. The first-order valence-electron chi connectivity index (χ1n) is 4.41. The lowest BCUT2D eigenvalue weighted by atomic mass is 9.87. The van der Waals surface area contributed by atoms with Crippen molar-refractivity contribution in [2.75, 3.05) is 0 Å². The van der Waals surface area contributed by atoms with Crippen LogP contribution in [0.3, 0.4) is 0 Å². The third-order valence-corrected chi connectivity index (χ3v) is 2.00. The number of hydrogen-bond acceptors (Lipinski definition) is 3. The van der Waals surface area contributed by atoms with Gasteiger partial charge in [0.2, 0.25) is 0 Å². The summed E-state index contributed by atoms with van der Waals surface area (Å²) in [6, 6.07) is 5.13. The Kier molecular flexibility index (Phi) is 3.06. The van der Waals surface area contributed by atoms with E-state index in [1.54, 1.807) is 12.1 Å². The molecule has 0 saturated heterocycles. The molecular formula is C10H14BO3. The van der Waals surface area contributed by atoms with Gasteiger partial charge in [0.25, 0.3) is 0 Å². The molecule has 0 amide bonds. The van der Waals surface area contributed by atoms with E-state index in [4.69, 9.17) is 5.02 Å². The lowest BCUT2D eigenvalue weighted by Gasteiger charge is -2.19. The van der Waals surface area contributed by atoms with Gasteiger partial charge >= 0.3 is 7.69 Å². The molecule has 0 aromatic heterocycles. The molecule has 4 heteroatoms. The summed E-state index contributed by atoms with van der Waals surface area (Å²) in [5.41, 5.74) is 0.999. The standard InChI is InChI=1S/C10H14BO3/c1-10(2,3)7-4-5-9(14-11-13)8(12)6-7/h4-6,12-13H,1-3H3. The summed E-state index contributed by atoms with van der Waals surface area (Å²) in [5, 5.41) is 17.9. The number of aromatic hydroxyl groups is 1. The summed E-state index contributed by atoms with van der Waals surface area (Å²) < 4.78 is 4.68. The Bertz CT molecular complexity index is 318. The molecule has 0 aliphatic carbocycles. The third-order valence-electron chi connectivity index (χ3n) is 2.00. The van der Waals surface area contributed by atoms with Crippen LogP contribution in [0.1, 0.15) is 26.3 Å². The smallest absolute Gasteiger partial charge is 0.535 e. The number of benzene rings is 1. The van der Waals surface area contributed by atoms with Crippen LogP contribution in [0.2, 0.25) is 0 Å². The van der Waals surface area contributed by atoms with Gasteiger partial charge < -0.3 is 14.8 Å². The van der Waals surface area contributed by atoms with Crippen molar-refractivity contribution >= 4 is 7.69 Å². The highest BCUT2D eigenvalue weighted by Crippen LogP contribution is 2.31. The van der Waals surface area contributed by atoms with Crippen molar-refractivity contribution in [3.05, 3.63) is 23.8 Å². The fourth-order valence-corrected chi connectivity index (χ4v) is 1.14. The molecule has 0 fully saturated rings. The Hall–Kier alpha value is -1.16. The highest BCUT2D eigenvalue weighted by molar-refractivity contribution is 6.17. The quantitative estimate of drug-likeness (QED) is 0.701. The molecule has 0 aliphatic heterocycles. The first-order chi connectivity index (χ1) is 6.45. The second-order valence-corrected chi connectivity index (χ2v) is 4.16. The van der Waals surface area contributed by atoms with Gasteiger partial charge in [-0.15, -0.1) is 0 Å². The molecule has 0 atom stereocenters. The van der Waals surface area contributed by atoms with E-state index in [9.17, 15) is 5.11 Å². The first kappa shape index (κ1) is 10.9. The van der Waals surface area contributed by atoms with E-state index in [0.29, 0.717) is 7.69 Å². The van der Waals surface area contributed by atoms with Gasteiger partial charge in [0.05, 0.1) is 0 Å². The molecule has 75 valence electrons. The van der Waals surface area contributed by atoms with Crippen LogP contribution in [0.5, 0.6) is 11.5 Å². The molecule has 0 saturated carbocycles. The largest absolute Gasteiger partial charge is 0.569 e. The lowest BCUT2D eigenvalue weighted by Crippen LogP contribution is -2.11. The summed E-state index contributed by atoms with van der Waals surface area (Å²) in [6.45, 7) is 6.17. The molecule has 3 nitrogen and oxygen atoms in total. The predicted octanol–water partition coefficient (Wildman–Crippen LogP) is 1.59. The maximum absolute atomic E-state index is 9.53. The second-order valence-electron chi connectivity index (χ2n) is 4.16. The van der Waals surface area contributed by atoms with E-state index >= 15 is 0 Å². The van der Waals surface area contributed by atoms with Crippen LogP contribution < -0.4 is 4.65 Å². The summed E-state index contributed by atoms with van der Waals surface area (Å²) in [6.07, 6.45) is 0. The van der Waals surface area contributed by atoms with Gasteiger partial charge in [0.1, 0.15) is 5.75 Å². The minimum atomic E-state index is -0.0149. The molecule has 2 N–H and O–H groups in total. The average Bonchev–Trinajstić information content (AvgIpc) is 2.07. The van der Waals surface area contributed by atoms with Crippen molar-refractivity contribution in [1.82, 2.24) is 0 Å². The van der Waals surface area contributed by atoms with E-state index < -0.39 is 0 Å². The molecule has 0 heterocycles. The van der Waals surface area contributed by atoms with Gasteiger partial charge in [-0.25, -0.2) is 0 Å². The highest BCUT2D eigenvalue weighted by Gasteiger charge is 2.15. The normalized spacial score (nSPS) is 11.1. The summed E-state index contributed by atoms with van der Waals surface area (Å²) >= 11 is 0. The topological polar surface area (TPSA) is 49.7 Å². The zero-order valence-corrected chi connectivity index (χ0v) is 8.61. The van der Waals surface area contributed by atoms with Crippen LogP contribution in [0.25, 0.3) is 0 Å². The van der Waals surface area contributed by atoms with Gasteiger partial charge in [-0.2, -0.15) is 0 Å². The van der Waals surface area contributed by atoms with Gasteiger partial charge in [0, 0.05) is 0 Å². The van der Waals surface area contributed by atoms with Crippen LogP contribution in [-0.2, 0) is 5.41 Å². The molecule has 1 aromatic rings. The summed E-state index contributed by atoms with van der Waals surface area (Å²) in [7, 11) is 0.547. The SMILES string of the molecule is CC(C)(C)c1ccc(O[B]O)c(O)c1. The fraction of sp³-hybridized carbons (Fsp3) is 0.400. The molecule has 0 bridgehead atoms. The van der Waals surface area contributed by atoms with Crippen molar-refractivity contribution in [2.24, 2.45) is 0 Å².